The second-order valence-electron chi connectivity index (χ2n) is 13.7. The summed E-state index contributed by atoms with van der Waals surface area (Å²) in [5, 5.41) is 21.1. The average molecular weight is 692 g/mol. The molecule has 2 aromatic heterocycles. The van der Waals surface area contributed by atoms with Crippen molar-refractivity contribution in [1.82, 2.24) is 25.5 Å². The summed E-state index contributed by atoms with van der Waals surface area (Å²) in [6.45, 7) is 7.86. The third-order valence-electron chi connectivity index (χ3n) is 9.50. The number of nitrogens with one attached hydrogen (secondary N) is 3. The van der Waals surface area contributed by atoms with Crippen molar-refractivity contribution < 1.29 is 9.90 Å². The first-order valence-electron chi connectivity index (χ1n) is 18.1. The van der Waals surface area contributed by atoms with Gasteiger partial charge in [-0.3, -0.25) is 4.79 Å². The van der Waals surface area contributed by atoms with E-state index in [-0.39, 0.29) is 18.0 Å². The van der Waals surface area contributed by atoms with Crippen LogP contribution in [0.15, 0.2) is 140 Å². The molecule has 0 fully saturated rings. The monoisotopic (exact) mass is 691 g/mol. The lowest BCUT2D eigenvalue weighted by molar-refractivity contribution is -0.120. The Kier molecular flexibility index (Phi) is 12.4. The van der Waals surface area contributed by atoms with Crippen molar-refractivity contribution in [3.05, 3.63) is 190 Å². The first-order chi connectivity index (χ1) is 25.3. The van der Waals surface area contributed by atoms with Crippen LogP contribution in [-0.2, 0) is 30.7 Å². The van der Waals surface area contributed by atoms with E-state index in [1.165, 1.54) is 16.7 Å². The average Bonchev–Trinajstić information content (AvgIpc) is 3.51. The van der Waals surface area contributed by atoms with E-state index in [0.717, 1.165) is 52.4 Å². The molecule has 2 heterocycles. The van der Waals surface area contributed by atoms with Gasteiger partial charge in [0.1, 0.15) is 5.82 Å². The lowest BCUT2D eigenvalue weighted by Crippen LogP contribution is -2.32. The molecule has 2 atom stereocenters. The van der Waals surface area contributed by atoms with Crippen LogP contribution in [0.4, 0.5) is 0 Å². The van der Waals surface area contributed by atoms with Crippen LogP contribution < -0.4 is 16.0 Å². The van der Waals surface area contributed by atoms with Crippen LogP contribution >= 0.6 is 0 Å². The Morgan fingerprint density at radius 2 is 1.29 bits per heavy atom. The zero-order chi connectivity index (χ0) is 36.3. The molecule has 0 aliphatic rings. The summed E-state index contributed by atoms with van der Waals surface area (Å²) < 4.78 is 2.10. The highest BCUT2D eigenvalue weighted by Crippen LogP contribution is 2.23. The molecular formula is C45H49N5O2. The highest BCUT2D eigenvalue weighted by Gasteiger charge is 2.15. The zero-order valence-electron chi connectivity index (χ0n) is 30.3. The quantitative estimate of drug-likeness (QED) is 0.0845. The van der Waals surface area contributed by atoms with E-state index >= 15 is 0 Å². The Labute approximate surface area is 307 Å². The lowest BCUT2D eigenvalue weighted by atomic mass is 9.98. The van der Waals surface area contributed by atoms with Crippen molar-refractivity contribution in [3.63, 3.8) is 0 Å². The minimum absolute atomic E-state index is 0.00697. The predicted octanol–water partition coefficient (Wildman–Crippen LogP) is 7.48. The number of pyridine rings is 1. The molecule has 1 amide bonds. The Morgan fingerprint density at radius 1 is 0.673 bits per heavy atom. The molecule has 6 rings (SSSR count). The number of aliphatic hydroxyl groups is 1. The van der Waals surface area contributed by atoms with Crippen molar-refractivity contribution in [2.75, 3.05) is 6.54 Å². The van der Waals surface area contributed by atoms with E-state index in [2.05, 4.69) is 143 Å². The van der Waals surface area contributed by atoms with Gasteiger partial charge in [0.2, 0.25) is 5.91 Å². The number of aliphatic hydroxyl groups excluding tert-OH is 1. The molecule has 0 saturated heterocycles. The van der Waals surface area contributed by atoms with Gasteiger partial charge in [0, 0.05) is 48.8 Å². The second-order valence-corrected chi connectivity index (χ2v) is 13.7. The number of amides is 1. The standard InChI is InChI=1S/C45H49N5O2/c1-32(46-31-42(51)41-23-24-43(47-30-41)50-33(2)17-18-34(50)3)25-37-11-10-12-38(26-37)27-44(52)48-28-35-19-21-36(22-20-35)29-49-45(39-13-6-4-7-14-39)40-15-8-5-9-16-40/h4-24,26,30,32,42,45-46,49,51H,25,27-29,31H2,1-3H3,(H,48,52). The molecule has 6 aromatic rings. The Hall–Kier alpha value is -5.34. The summed E-state index contributed by atoms with van der Waals surface area (Å²) in [6, 6.07) is 45.9. The fourth-order valence-electron chi connectivity index (χ4n) is 6.64. The summed E-state index contributed by atoms with van der Waals surface area (Å²) in [4.78, 5) is 17.5. The third-order valence-corrected chi connectivity index (χ3v) is 9.50. The topological polar surface area (TPSA) is 91.2 Å². The number of carbonyl (C=O) groups is 1. The Balaban J connectivity index is 0.936. The van der Waals surface area contributed by atoms with E-state index in [1.54, 1.807) is 6.20 Å². The smallest absolute Gasteiger partial charge is 0.224 e. The fourth-order valence-corrected chi connectivity index (χ4v) is 6.64. The number of aromatic nitrogens is 2. The first kappa shape index (κ1) is 36.5. The Morgan fingerprint density at radius 3 is 1.90 bits per heavy atom. The van der Waals surface area contributed by atoms with Crippen LogP contribution in [0.3, 0.4) is 0 Å². The van der Waals surface area contributed by atoms with Gasteiger partial charge in [-0.2, -0.15) is 0 Å². The molecular weight excluding hydrogens is 643 g/mol. The number of benzene rings is 4. The number of carbonyl (C=O) groups excluding carboxylic acids is 1. The number of rotatable bonds is 16. The van der Waals surface area contributed by atoms with Gasteiger partial charge < -0.3 is 25.6 Å². The number of hydrogen-bond donors (Lipinski definition) is 4. The van der Waals surface area contributed by atoms with E-state index in [1.807, 2.05) is 36.4 Å². The lowest BCUT2D eigenvalue weighted by Gasteiger charge is -2.20. The molecule has 52 heavy (non-hydrogen) atoms. The van der Waals surface area contributed by atoms with Crippen LogP contribution in [-0.4, -0.2) is 33.2 Å². The fraction of sp³-hybridized carbons (Fsp3) is 0.244. The van der Waals surface area contributed by atoms with E-state index in [0.29, 0.717) is 19.5 Å². The number of hydrogen-bond acceptors (Lipinski definition) is 5. The highest BCUT2D eigenvalue weighted by atomic mass is 16.3. The second kappa shape index (κ2) is 17.7. The minimum atomic E-state index is -0.662. The molecule has 4 aromatic carbocycles. The van der Waals surface area contributed by atoms with Gasteiger partial charge in [0.05, 0.1) is 18.6 Å². The molecule has 0 bridgehead atoms. The summed E-state index contributed by atoms with van der Waals surface area (Å²) in [7, 11) is 0. The largest absolute Gasteiger partial charge is 0.387 e. The van der Waals surface area contributed by atoms with Gasteiger partial charge in [-0.15, -0.1) is 0 Å². The molecule has 266 valence electrons. The maximum absolute atomic E-state index is 12.9. The van der Waals surface area contributed by atoms with Crippen molar-refractivity contribution in [2.45, 2.75) is 64.9 Å². The number of aryl methyl sites for hydroxylation is 2. The highest BCUT2D eigenvalue weighted by molar-refractivity contribution is 5.78. The van der Waals surface area contributed by atoms with Crippen LogP contribution in [0.25, 0.3) is 5.82 Å². The normalized spacial score (nSPS) is 12.5. The molecule has 4 N–H and O–H groups in total. The van der Waals surface area contributed by atoms with Crippen molar-refractivity contribution in [1.29, 1.82) is 0 Å². The summed E-state index contributed by atoms with van der Waals surface area (Å²) in [5.41, 5.74) is 9.87. The predicted molar refractivity (Wildman–Crippen MR) is 209 cm³/mol. The van der Waals surface area contributed by atoms with Crippen LogP contribution in [0.5, 0.6) is 0 Å². The van der Waals surface area contributed by atoms with Gasteiger partial charge in [0.25, 0.3) is 0 Å². The van der Waals surface area contributed by atoms with E-state index in [9.17, 15) is 9.90 Å². The van der Waals surface area contributed by atoms with Gasteiger partial charge in [0.15, 0.2) is 0 Å². The Bertz CT molecular complexity index is 1950. The van der Waals surface area contributed by atoms with Crippen molar-refractivity contribution >= 4 is 5.91 Å². The summed E-state index contributed by atoms with van der Waals surface area (Å²) >= 11 is 0. The summed E-state index contributed by atoms with van der Waals surface area (Å²) in [6.07, 6.45) is 2.19. The van der Waals surface area contributed by atoms with Crippen molar-refractivity contribution in [2.24, 2.45) is 0 Å². The van der Waals surface area contributed by atoms with E-state index in [4.69, 9.17) is 0 Å². The molecule has 2 unspecified atom stereocenters. The van der Waals surface area contributed by atoms with Crippen LogP contribution in [0, 0.1) is 13.8 Å². The molecule has 0 aliphatic heterocycles. The molecule has 0 spiro atoms. The van der Waals surface area contributed by atoms with Crippen molar-refractivity contribution in [3.8, 4) is 5.82 Å². The summed E-state index contributed by atoms with van der Waals surface area (Å²) in [5.74, 6) is 0.841. The van der Waals surface area contributed by atoms with Crippen LogP contribution in [0.1, 0.15) is 69.4 Å². The van der Waals surface area contributed by atoms with Gasteiger partial charge in [-0.25, -0.2) is 4.98 Å². The van der Waals surface area contributed by atoms with Gasteiger partial charge >= 0.3 is 0 Å². The first-order valence-corrected chi connectivity index (χ1v) is 18.1. The molecule has 0 aliphatic carbocycles. The van der Waals surface area contributed by atoms with Crippen LogP contribution in [0.2, 0.25) is 0 Å². The van der Waals surface area contributed by atoms with Gasteiger partial charge in [-0.1, -0.05) is 115 Å². The van der Waals surface area contributed by atoms with Gasteiger partial charge in [-0.05, 0) is 78.8 Å². The minimum Gasteiger partial charge on any atom is -0.387 e. The molecule has 7 nitrogen and oxygen atoms in total. The maximum atomic E-state index is 12.9. The zero-order valence-corrected chi connectivity index (χ0v) is 30.3. The number of nitrogens with zero attached hydrogens (tertiary/aromatic N) is 2. The molecule has 0 saturated carbocycles. The maximum Gasteiger partial charge on any atom is 0.224 e. The SMILES string of the molecule is Cc1ccc(C)n1-c1ccc(C(O)CNC(C)Cc2cccc(CC(=O)NCc3ccc(CNC(c4ccccc4)c4ccccc4)cc3)c2)cn1. The molecule has 0 radical (unpaired) electrons. The third kappa shape index (κ3) is 9.92. The van der Waals surface area contributed by atoms with E-state index < -0.39 is 6.10 Å². The molecule has 7 heteroatoms.